The maximum atomic E-state index is 12.5. The lowest BCUT2D eigenvalue weighted by Crippen LogP contribution is -2.29. The Morgan fingerprint density at radius 3 is 2.70 bits per heavy atom. The van der Waals surface area contributed by atoms with Crippen molar-refractivity contribution in [1.29, 1.82) is 5.26 Å². The number of halogens is 4. The first-order chi connectivity index (χ1) is 14.2. The zero-order valence-corrected chi connectivity index (χ0v) is 15.9. The highest BCUT2D eigenvalue weighted by Gasteiger charge is 2.31. The van der Waals surface area contributed by atoms with Gasteiger partial charge in [0.25, 0.3) is 5.91 Å². The number of carbonyl (C=O) groups is 1. The number of pyridine rings is 1. The van der Waals surface area contributed by atoms with Crippen molar-refractivity contribution >= 4 is 17.5 Å². The van der Waals surface area contributed by atoms with Crippen molar-refractivity contribution in [3.63, 3.8) is 0 Å². The minimum Gasteiger partial charge on any atom is -0.406 e. The van der Waals surface area contributed by atoms with Crippen LogP contribution < -0.4 is 10.1 Å². The third-order valence-corrected chi connectivity index (χ3v) is 3.99. The second kappa shape index (κ2) is 8.38. The van der Waals surface area contributed by atoms with Gasteiger partial charge in [0.15, 0.2) is 11.6 Å². The molecule has 8 nitrogen and oxygen atoms in total. The SMILES string of the molecule is C[C@H](NC(=O)c1cc(Cl)cc(OC(F)(F)F)c1)c1ncnn1-c1ccc(C#N)cn1. The van der Waals surface area contributed by atoms with Crippen LogP contribution >= 0.6 is 11.6 Å². The van der Waals surface area contributed by atoms with Crippen LogP contribution in [0.3, 0.4) is 0 Å². The Balaban J connectivity index is 1.80. The molecule has 0 aliphatic rings. The van der Waals surface area contributed by atoms with E-state index in [4.69, 9.17) is 16.9 Å². The van der Waals surface area contributed by atoms with Crippen molar-refractivity contribution in [2.24, 2.45) is 0 Å². The quantitative estimate of drug-likeness (QED) is 0.655. The molecule has 1 N–H and O–H groups in total. The van der Waals surface area contributed by atoms with Crippen LogP contribution in [0.15, 0.2) is 42.9 Å². The second-order valence-electron chi connectivity index (χ2n) is 5.97. The van der Waals surface area contributed by atoms with E-state index in [1.54, 1.807) is 19.1 Å². The molecule has 0 radical (unpaired) electrons. The summed E-state index contributed by atoms with van der Waals surface area (Å²) in [5.74, 6) is -0.627. The molecule has 0 aliphatic heterocycles. The fourth-order valence-electron chi connectivity index (χ4n) is 2.53. The van der Waals surface area contributed by atoms with Crippen LogP contribution in [0.2, 0.25) is 5.02 Å². The first-order valence-corrected chi connectivity index (χ1v) is 8.68. The van der Waals surface area contributed by atoms with Gasteiger partial charge < -0.3 is 10.1 Å². The molecule has 30 heavy (non-hydrogen) atoms. The average molecular weight is 437 g/mol. The zero-order chi connectivity index (χ0) is 21.9. The number of carbonyl (C=O) groups excluding carboxylic acids is 1. The molecule has 0 saturated heterocycles. The lowest BCUT2D eigenvalue weighted by molar-refractivity contribution is -0.274. The van der Waals surface area contributed by atoms with Gasteiger partial charge in [0, 0.05) is 16.8 Å². The van der Waals surface area contributed by atoms with Gasteiger partial charge in [-0.15, -0.1) is 13.2 Å². The summed E-state index contributed by atoms with van der Waals surface area (Å²) in [6, 6.07) is 7.44. The van der Waals surface area contributed by atoms with Gasteiger partial charge >= 0.3 is 6.36 Å². The Bertz CT molecular complexity index is 1110. The second-order valence-corrected chi connectivity index (χ2v) is 6.40. The highest BCUT2D eigenvalue weighted by Crippen LogP contribution is 2.27. The first kappa shape index (κ1) is 21.1. The number of alkyl halides is 3. The van der Waals surface area contributed by atoms with Gasteiger partial charge in [0.2, 0.25) is 0 Å². The number of amides is 1. The van der Waals surface area contributed by atoms with Gasteiger partial charge in [-0.2, -0.15) is 15.0 Å². The van der Waals surface area contributed by atoms with Gasteiger partial charge in [-0.05, 0) is 37.3 Å². The largest absolute Gasteiger partial charge is 0.573 e. The van der Waals surface area contributed by atoms with Crippen molar-refractivity contribution in [2.75, 3.05) is 0 Å². The Hall–Kier alpha value is -3.65. The van der Waals surface area contributed by atoms with E-state index in [-0.39, 0.29) is 10.6 Å². The van der Waals surface area contributed by atoms with E-state index in [0.717, 1.165) is 12.1 Å². The molecule has 0 bridgehead atoms. The van der Waals surface area contributed by atoms with Gasteiger partial charge in [-0.3, -0.25) is 4.79 Å². The number of hydrogen-bond donors (Lipinski definition) is 1. The summed E-state index contributed by atoms with van der Waals surface area (Å²) in [5.41, 5.74) is 0.232. The molecule has 1 aromatic carbocycles. The molecule has 3 rings (SSSR count). The predicted molar refractivity (Wildman–Crippen MR) is 97.9 cm³/mol. The van der Waals surface area contributed by atoms with Crippen LogP contribution in [0.25, 0.3) is 5.82 Å². The van der Waals surface area contributed by atoms with Gasteiger partial charge in [0.05, 0.1) is 11.6 Å². The zero-order valence-electron chi connectivity index (χ0n) is 15.2. The Morgan fingerprint density at radius 1 is 1.30 bits per heavy atom. The number of nitrogens with zero attached hydrogens (tertiary/aromatic N) is 5. The number of nitriles is 1. The molecule has 12 heteroatoms. The van der Waals surface area contributed by atoms with Crippen LogP contribution in [0.1, 0.15) is 34.7 Å². The molecular formula is C18H12ClF3N6O2. The summed E-state index contributed by atoms with van der Waals surface area (Å²) >= 11 is 5.80. The topological polar surface area (TPSA) is 106 Å². The van der Waals surface area contributed by atoms with Gasteiger partial charge in [-0.1, -0.05) is 11.6 Å². The molecule has 0 saturated carbocycles. The van der Waals surface area contributed by atoms with E-state index in [1.165, 1.54) is 23.3 Å². The van der Waals surface area contributed by atoms with Crippen molar-refractivity contribution in [3.8, 4) is 17.6 Å². The molecule has 2 heterocycles. The smallest absolute Gasteiger partial charge is 0.406 e. The normalized spacial score (nSPS) is 12.1. The summed E-state index contributed by atoms with van der Waals surface area (Å²) < 4.78 is 42.5. The highest BCUT2D eigenvalue weighted by atomic mass is 35.5. The summed E-state index contributed by atoms with van der Waals surface area (Å²) in [5, 5.41) is 15.4. The molecule has 1 atom stereocenters. The molecule has 0 aliphatic carbocycles. The van der Waals surface area contributed by atoms with Crippen molar-refractivity contribution in [3.05, 3.63) is 64.8 Å². The van der Waals surface area contributed by atoms with E-state index in [2.05, 4.69) is 25.1 Å². The fraction of sp³-hybridized carbons (Fsp3) is 0.167. The van der Waals surface area contributed by atoms with Crippen LogP contribution in [-0.2, 0) is 0 Å². The van der Waals surface area contributed by atoms with Crippen molar-refractivity contribution in [1.82, 2.24) is 25.1 Å². The van der Waals surface area contributed by atoms with E-state index >= 15 is 0 Å². The van der Waals surface area contributed by atoms with Gasteiger partial charge in [-0.25, -0.2) is 9.97 Å². The number of nitrogens with one attached hydrogen (secondary N) is 1. The molecular weight excluding hydrogens is 425 g/mol. The summed E-state index contributed by atoms with van der Waals surface area (Å²) in [6.45, 7) is 1.61. The minimum atomic E-state index is -4.92. The van der Waals surface area contributed by atoms with E-state index < -0.39 is 24.1 Å². The predicted octanol–water partition coefficient (Wildman–Crippen LogP) is 3.58. The Labute approximate surface area is 172 Å². The third kappa shape index (κ3) is 5.03. The third-order valence-electron chi connectivity index (χ3n) is 3.77. The van der Waals surface area contributed by atoms with Crippen LogP contribution in [-0.4, -0.2) is 32.0 Å². The summed E-state index contributed by atoms with van der Waals surface area (Å²) in [4.78, 5) is 20.7. The van der Waals surface area contributed by atoms with E-state index in [0.29, 0.717) is 17.2 Å². The average Bonchev–Trinajstić information content (AvgIpc) is 3.16. The molecule has 0 unspecified atom stereocenters. The lowest BCUT2D eigenvalue weighted by Gasteiger charge is -2.15. The Kier molecular flexibility index (Phi) is 5.89. The van der Waals surface area contributed by atoms with Crippen molar-refractivity contribution < 1.29 is 22.7 Å². The fourth-order valence-corrected chi connectivity index (χ4v) is 2.76. The molecule has 0 spiro atoms. The molecule has 0 fully saturated rings. The van der Waals surface area contributed by atoms with Crippen LogP contribution in [0.4, 0.5) is 13.2 Å². The minimum absolute atomic E-state index is 0.0977. The van der Waals surface area contributed by atoms with Crippen molar-refractivity contribution in [2.45, 2.75) is 19.3 Å². The lowest BCUT2D eigenvalue weighted by atomic mass is 10.2. The number of aromatic nitrogens is 4. The molecule has 1 amide bonds. The number of rotatable bonds is 5. The summed E-state index contributed by atoms with van der Waals surface area (Å²) in [7, 11) is 0. The summed E-state index contributed by atoms with van der Waals surface area (Å²) in [6.07, 6.45) is -2.30. The van der Waals surface area contributed by atoms with E-state index in [9.17, 15) is 18.0 Å². The monoisotopic (exact) mass is 436 g/mol. The van der Waals surface area contributed by atoms with Crippen LogP contribution in [0.5, 0.6) is 5.75 Å². The Morgan fingerprint density at radius 2 is 2.07 bits per heavy atom. The number of benzene rings is 1. The maximum Gasteiger partial charge on any atom is 0.573 e. The van der Waals surface area contributed by atoms with Gasteiger partial charge in [0.1, 0.15) is 18.1 Å². The van der Waals surface area contributed by atoms with E-state index in [1.807, 2.05) is 6.07 Å². The van der Waals surface area contributed by atoms with Crippen LogP contribution in [0, 0.1) is 11.3 Å². The molecule has 2 aromatic heterocycles. The molecule has 154 valence electrons. The highest BCUT2D eigenvalue weighted by molar-refractivity contribution is 6.31. The number of hydrogen-bond acceptors (Lipinski definition) is 6. The maximum absolute atomic E-state index is 12.5. The number of ether oxygens (including phenoxy) is 1. The standard InChI is InChI=1S/C18H12ClF3N6O2/c1-10(16-25-9-26-28(16)15-3-2-11(7-23)8-24-15)27-17(29)12-4-13(19)6-14(5-12)30-18(20,21)22/h2-6,8-10H,1H3,(H,27,29)/t10-/m0/s1. The molecule has 3 aromatic rings. The first-order valence-electron chi connectivity index (χ1n) is 8.30.